The molecule has 14 aromatic carbocycles. The maximum atomic E-state index is 13.7. The molecule has 0 saturated heterocycles. The molecule has 0 amide bonds. The summed E-state index contributed by atoms with van der Waals surface area (Å²) < 4.78 is 81.3. The Labute approximate surface area is 580 Å². The average molecular weight is 1350 g/mol. The van der Waals surface area contributed by atoms with Crippen molar-refractivity contribution in [1.29, 1.82) is 0 Å². The first-order valence-electron chi connectivity index (χ1n) is 32.7. The van der Waals surface area contributed by atoms with Gasteiger partial charge in [-0.05, 0) is 84.9 Å². The zero-order chi connectivity index (χ0) is 66.6. The second kappa shape index (κ2) is 23.1. The molecule has 0 spiro atoms. The lowest BCUT2D eigenvalue weighted by molar-refractivity contribution is 0.381. The van der Waals surface area contributed by atoms with Crippen LogP contribution in [0.5, 0.6) is 0 Å². The molecular weight excluding hydrogens is 1300 g/mol. The highest BCUT2D eigenvalue weighted by Crippen LogP contribution is 2.55. The van der Waals surface area contributed by atoms with E-state index in [0.29, 0.717) is 10.2 Å². The van der Waals surface area contributed by atoms with E-state index in [1.807, 2.05) is 0 Å². The van der Waals surface area contributed by atoms with Crippen molar-refractivity contribution in [2.24, 2.45) is 0 Å². The molecule has 0 fully saturated rings. The summed E-state index contributed by atoms with van der Waals surface area (Å²) in [4.78, 5) is 9.80. The van der Waals surface area contributed by atoms with Crippen LogP contribution in [0.1, 0.15) is 7.43 Å². The number of fused-ring (bicyclic) bond motifs is 17. The Kier molecular flexibility index (Phi) is 13.6. The van der Waals surface area contributed by atoms with Crippen LogP contribution in [-0.4, -0.2) is 32.8 Å². The molecule has 0 bridgehead atoms. The summed E-state index contributed by atoms with van der Waals surface area (Å²) in [6.45, 7) is 0. The fourth-order valence-corrected chi connectivity index (χ4v) is 17.5. The molecule has 0 atom stereocenters. The zero-order valence-corrected chi connectivity index (χ0v) is 54.2. The Balaban J connectivity index is 0.000000291. The smallest absolute Gasteiger partial charge is 0.200 e. The average Bonchev–Trinajstić information content (AvgIpc) is 1.57. The SMILES string of the molecule is C.Fc1c(F)c(F)c(-c2nc3ccccc3s2)c(F)c1F.c1ccc2sc(-c3c(-n4c5ccccc5c5ccccc54)c(-n4c5ccccc5c5ccccc54)c(-n4c5ccccc5c5ccccc54)c(-n4c5ccccc5c5ccccc54)c3-n3c4ccccc4c4ccccc43)nc2c1. The Bertz CT molecular complexity index is 6410. The number of rotatable bonds is 7. The highest BCUT2D eigenvalue weighted by atomic mass is 32.1. The van der Waals surface area contributed by atoms with Gasteiger partial charge < -0.3 is 22.8 Å². The number of hydrogen-bond donors (Lipinski definition) is 0. The Morgan fingerprint density at radius 3 is 0.644 bits per heavy atom. The molecule has 0 aliphatic rings. The van der Waals surface area contributed by atoms with Gasteiger partial charge in [0.1, 0.15) is 10.0 Å². The van der Waals surface area contributed by atoms with E-state index in [2.05, 4.69) is 295 Å². The van der Waals surface area contributed by atoms with Crippen LogP contribution in [0.4, 0.5) is 22.0 Å². The number of halogens is 5. The second-order valence-corrected chi connectivity index (χ2v) is 26.9. The van der Waals surface area contributed by atoms with Crippen LogP contribution in [0.15, 0.2) is 291 Å². The van der Waals surface area contributed by atoms with Gasteiger partial charge in [-0.25, -0.2) is 31.9 Å². The molecule has 0 aliphatic carbocycles. The van der Waals surface area contributed by atoms with Crippen LogP contribution in [0.25, 0.3) is 179 Å². The quantitative estimate of drug-likeness (QED) is 0.0907. The van der Waals surface area contributed by atoms with E-state index in [4.69, 9.17) is 4.98 Å². The first kappa shape index (κ1) is 59.7. The Hall–Kier alpha value is -12.5. The van der Waals surface area contributed by atoms with Crippen molar-refractivity contribution in [2.75, 3.05) is 0 Å². The van der Waals surface area contributed by atoms with Gasteiger partial charge in [0.15, 0.2) is 23.3 Å². The summed E-state index contributed by atoms with van der Waals surface area (Å²) in [5.74, 6) is -9.87. The lowest BCUT2D eigenvalue weighted by atomic mass is 10.0. The fourth-order valence-electron chi connectivity index (χ4n) is 15.5. The van der Waals surface area contributed by atoms with Crippen LogP contribution in [0.3, 0.4) is 0 Å². The van der Waals surface area contributed by atoms with Crippen molar-refractivity contribution >= 4 is 152 Å². The first-order valence-corrected chi connectivity index (χ1v) is 34.3. The summed E-state index contributed by atoms with van der Waals surface area (Å²) >= 11 is 2.62. The Morgan fingerprint density at radius 2 is 0.396 bits per heavy atom. The van der Waals surface area contributed by atoms with E-state index in [-0.39, 0.29) is 12.4 Å². The largest absolute Gasteiger partial charge is 0.306 e. The third-order valence-corrected chi connectivity index (χ3v) is 21.7. The van der Waals surface area contributed by atoms with Crippen molar-refractivity contribution < 1.29 is 22.0 Å². The molecule has 14 heteroatoms. The number of benzene rings is 14. The van der Waals surface area contributed by atoms with E-state index in [1.54, 1.807) is 35.6 Å². The van der Waals surface area contributed by atoms with Gasteiger partial charge in [0.25, 0.3) is 0 Å². The van der Waals surface area contributed by atoms with E-state index >= 15 is 0 Å². The predicted molar refractivity (Wildman–Crippen MR) is 408 cm³/mol. The molecule has 482 valence electrons. The number of para-hydroxylation sites is 12. The van der Waals surface area contributed by atoms with E-state index < -0.39 is 34.6 Å². The molecular formula is C87H52F5N7S2. The third-order valence-electron chi connectivity index (χ3n) is 19.6. The van der Waals surface area contributed by atoms with Gasteiger partial charge in [0.05, 0.1) is 115 Å². The number of aromatic nitrogens is 7. The normalized spacial score (nSPS) is 11.9. The number of hydrogen-bond acceptors (Lipinski definition) is 4. The standard InChI is InChI=1S/C73H44N6S.C13H4F5NS.CH4/c1-12-34-56-45(23-1)46-24-2-13-35-57(46)75(56)68-67(73-74-55-33-11-22-44-66(55)80-73)69(76-58-36-14-3-25-47(58)48-26-4-15-37-59(48)76)71(78-62-40-18-7-29-51(62)52-30-8-19-41-63(52)78)72(79-64-42-20-9-31-53(64)54-32-10-21-43-65(54)79)70(68)77-60-38-16-5-27-49(60)50-28-6-17-39-61(50)77;14-8-7(9(15)11(17)12(18)10(8)16)13-19-5-3-1-2-4-6(5)20-13;/h1-44H;1-4H;1H4. The second-order valence-electron chi connectivity index (χ2n) is 24.9. The summed E-state index contributed by atoms with van der Waals surface area (Å²) in [7, 11) is 0. The highest BCUT2D eigenvalue weighted by molar-refractivity contribution is 7.22. The predicted octanol–water partition coefficient (Wildman–Crippen LogP) is 24.7. The monoisotopic (exact) mass is 1350 g/mol. The molecule has 0 saturated carbocycles. The van der Waals surface area contributed by atoms with Crippen molar-refractivity contribution in [1.82, 2.24) is 32.8 Å². The molecule has 7 aromatic heterocycles. The summed E-state index contributed by atoms with van der Waals surface area (Å²) in [6, 6.07) is 105. The lowest BCUT2D eigenvalue weighted by Crippen LogP contribution is -2.18. The van der Waals surface area contributed by atoms with Crippen molar-refractivity contribution in [3.8, 4) is 49.6 Å². The van der Waals surface area contributed by atoms with Crippen molar-refractivity contribution in [3.05, 3.63) is 320 Å². The van der Waals surface area contributed by atoms with Gasteiger partial charge in [-0.3, -0.25) is 0 Å². The van der Waals surface area contributed by atoms with Gasteiger partial charge in [-0.1, -0.05) is 214 Å². The zero-order valence-electron chi connectivity index (χ0n) is 52.5. The fraction of sp³-hybridized carbons (Fsp3) is 0.0115. The molecule has 21 aromatic rings. The summed E-state index contributed by atoms with van der Waals surface area (Å²) in [5.41, 5.74) is 17.5. The molecule has 0 radical (unpaired) electrons. The molecule has 21 rings (SSSR count). The van der Waals surface area contributed by atoms with Gasteiger partial charge in [0, 0.05) is 53.9 Å². The van der Waals surface area contributed by atoms with Crippen LogP contribution in [0, 0.1) is 29.1 Å². The van der Waals surface area contributed by atoms with Crippen LogP contribution >= 0.6 is 22.7 Å². The minimum Gasteiger partial charge on any atom is -0.306 e. The summed E-state index contributed by atoms with van der Waals surface area (Å²) in [5, 5.41) is 12.4. The van der Waals surface area contributed by atoms with Gasteiger partial charge in [-0.2, -0.15) is 0 Å². The molecule has 0 N–H and O–H groups in total. The summed E-state index contributed by atoms with van der Waals surface area (Å²) in [6.07, 6.45) is 0. The highest BCUT2D eigenvalue weighted by Gasteiger charge is 2.38. The van der Waals surface area contributed by atoms with Gasteiger partial charge >= 0.3 is 0 Å². The molecule has 7 heterocycles. The maximum Gasteiger partial charge on any atom is 0.200 e. The van der Waals surface area contributed by atoms with E-state index in [1.165, 1.54) is 53.9 Å². The number of nitrogens with zero attached hydrogens (tertiary/aromatic N) is 7. The maximum absolute atomic E-state index is 13.7. The lowest BCUT2D eigenvalue weighted by Gasteiger charge is -2.31. The third kappa shape index (κ3) is 8.68. The molecule has 0 unspecified atom stereocenters. The minimum absolute atomic E-state index is 0. The first-order chi connectivity index (χ1) is 49.3. The van der Waals surface area contributed by atoms with E-state index in [0.717, 1.165) is 116 Å². The van der Waals surface area contributed by atoms with Gasteiger partial charge in [0.2, 0.25) is 5.82 Å². The van der Waals surface area contributed by atoms with Crippen molar-refractivity contribution in [3.63, 3.8) is 0 Å². The number of thiazole rings is 2. The van der Waals surface area contributed by atoms with Crippen LogP contribution < -0.4 is 0 Å². The minimum atomic E-state index is -2.18. The van der Waals surface area contributed by atoms with Gasteiger partial charge in [-0.15, -0.1) is 22.7 Å². The molecule has 7 nitrogen and oxygen atoms in total. The van der Waals surface area contributed by atoms with Crippen molar-refractivity contribution in [2.45, 2.75) is 7.43 Å². The molecule has 0 aliphatic heterocycles. The molecule has 101 heavy (non-hydrogen) atoms. The Morgan fingerprint density at radius 1 is 0.208 bits per heavy atom. The topological polar surface area (TPSA) is 50.4 Å². The van der Waals surface area contributed by atoms with Crippen LogP contribution in [0.2, 0.25) is 0 Å². The van der Waals surface area contributed by atoms with E-state index in [9.17, 15) is 22.0 Å². The van der Waals surface area contributed by atoms with Crippen LogP contribution in [-0.2, 0) is 0 Å².